The molecule has 4 aromatic rings. The number of hydrogen-bond donors (Lipinski definition) is 0. The predicted octanol–water partition coefficient (Wildman–Crippen LogP) is 3.85. The highest BCUT2D eigenvalue weighted by Crippen LogP contribution is 2.23. The lowest BCUT2D eigenvalue weighted by Gasteiger charge is -2.35. The molecule has 8 heteroatoms. The SMILES string of the molecule is O=C(c1ccc2ncsc2c1)N1CCN(c2cc(-c3ccc(F)cc3)ncn2)CC1. The summed E-state index contributed by atoms with van der Waals surface area (Å²) in [6.07, 6.45) is 1.52. The van der Waals surface area contributed by atoms with Crippen LogP contribution in [-0.4, -0.2) is 51.9 Å². The fourth-order valence-electron chi connectivity index (χ4n) is 3.61. The minimum absolute atomic E-state index is 0.0413. The fourth-order valence-corrected chi connectivity index (χ4v) is 4.32. The third kappa shape index (κ3) is 3.61. The molecule has 0 aliphatic carbocycles. The van der Waals surface area contributed by atoms with Crippen LogP contribution in [0.25, 0.3) is 21.5 Å². The van der Waals surface area contributed by atoms with Gasteiger partial charge in [-0.1, -0.05) is 0 Å². The fraction of sp³-hybridized carbons (Fsp3) is 0.182. The summed E-state index contributed by atoms with van der Waals surface area (Å²) in [4.78, 5) is 29.9. The van der Waals surface area contributed by atoms with E-state index in [4.69, 9.17) is 0 Å². The second-order valence-electron chi connectivity index (χ2n) is 7.08. The van der Waals surface area contributed by atoms with Gasteiger partial charge in [-0.25, -0.2) is 19.3 Å². The topological polar surface area (TPSA) is 62.2 Å². The molecule has 0 spiro atoms. The van der Waals surface area contributed by atoms with Crippen LogP contribution in [0.2, 0.25) is 0 Å². The van der Waals surface area contributed by atoms with Gasteiger partial charge in [-0.15, -0.1) is 11.3 Å². The number of carbonyl (C=O) groups excluding carboxylic acids is 1. The first-order valence-corrected chi connectivity index (χ1v) is 10.5. The molecule has 150 valence electrons. The predicted molar refractivity (Wildman–Crippen MR) is 115 cm³/mol. The van der Waals surface area contributed by atoms with Crippen LogP contribution in [0.15, 0.2) is 60.4 Å². The Morgan fingerprint density at radius 1 is 0.933 bits per heavy atom. The van der Waals surface area contributed by atoms with Gasteiger partial charge < -0.3 is 9.80 Å². The average molecular weight is 419 g/mol. The molecule has 0 N–H and O–H groups in total. The molecule has 1 amide bonds. The van der Waals surface area contributed by atoms with Gasteiger partial charge in [0.15, 0.2) is 0 Å². The van der Waals surface area contributed by atoms with E-state index in [9.17, 15) is 9.18 Å². The van der Waals surface area contributed by atoms with E-state index in [1.807, 2.05) is 29.2 Å². The molecule has 6 nitrogen and oxygen atoms in total. The van der Waals surface area contributed by atoms with Crippen LogP contribution < -0.4 is 4.90 Å². The molecular formula is C22H18FN5OS. The molecule has 1 aliphatic heterocycles. The molecular weight excluding hydrogens is 401 g/mol. The summed E-state index contributed by atoms with van der Waals surface area (Å²) in [5.41, 5.74) is 4.99. The molecule has 2 aromatic carbocycles. The smallest absolute Gasteiger partial charge is 0.254 e. The second kappa shape index (κ2) is 7.79. The second-order valence-corrected chi connectivity index (χ2v) is 7.97. The summed E-state index contributed by atoms with van der Waals surface area (Å²) in [7, 11) is 0. The largest absolute Gasteiger partial charge is 0.353 e. The first kappa shape index (κ1) is 18.6. The van der Waals surface area contributed by atoms with Crippen molar-refractivity contribution in [1.82, 2.24) is 19.9 Å². The van der Waals surface area contributed by atoms with Gasteiger partial charge in [0.1, 0.15) is 18.0 Å². The van der Waals surface area contributed by atoms with Gasteiger partial charge in [0.2, 0.25) is 0 Å². The number of piperazine rings is 1. The Morgan fingerprint density at radius 2 is 1.73 bits per heavy atom. The Balaban J connectivity index is 1.28. The van der Waals surface area contributed by atoms with E-state index in [-0.39, 0.29) is 11.7 Å². The van der Waals surface area contributed by atoms with Crippen molar-refractivity contribution in [3.05, 3.63) is 71.7 Å². The number of amides is 1. The number of thiazole rings is 1. The van der Waals surface area contributed by atoms with Gasteiger partial charge in [-0.05, 0) is 42.5 Å². The normalized spacial score (nSPS) is 14.3. The van der Waals surface area contributed by atoms with E-state index in [0.717, 1.165) is 27.3 Å². The highest BCUT2D eigenvalue weighted by Gasteiger charge is 2.23. The number of benzene rings is 2. The van der Waals surface area contributed by atoms with Crippen molar-refractivity contribution < 1.29 is 9.18 Å². The van der Waals surface area contributed by atoms with Crippen molar-refractivity contribution in [2.45, 2.75) is 0 Å². The van der Waals surface area contributed by atoms with Crippen LogP contribution in [0.4, 0.5) is 10.2 Å². The first-order valence-electron chi connectivity index (χ1n) is 9.63. The molecule has 1 fully saturated rings. The highest BCUT2D eigenvalue weighted by molar-refractivity contribution is 7.16. The van der Waals surface area contributed by atoms with Crippen molar-refractivity contribution in [1.29, 1.82) is 0 Å². The van der Waals surface area contributed by atoms with Gasteiger partial charge in [-0.2, -0.15) is 0 Å². The van der Waals surface area contributed by atoms with Crippen molar-refractivity contribution in [2.75, 3.05) is 31.1 Å². The quantitative estimate of drug-likeness (QED) is 0.505. The zero-order valence-corrected chi connectivity index (χ0v) is 16.8. The molecule has 3 heterocycles. The summed E-state index contributed by atoms with van der Waals surface area (Å²) < 4.78 is 14.2. The van der Waals surface area contributed by atoms with E-state index in [2.05, 4.69) is 19.9 Å². The van der Waals surface area contributed by atoms with Crippen LogP contribution >= 0.6 is 11.3 Å². The lowest BCUT2D eigenvalue weighted by atomic mass is 10.1. The molecule has 0 saturated carbocycles. The summed E-state index contributed by atoms with van der Waals surface area (Å²) in [5.74, 6) is 0.574. The van der Waals surface area contributed by atoms with Gasteiger partial charge in [0, 0.05) is 43.4 Å². The Hall–Kier alpha value is -3.39. The van der Waals surface area contributed by atoms with Crippen LogP contribution in [0.3, 0.4) is 0 Å². The Bertz CT molecular complexity index is 1200. The number of nitrogens with zero attached hydrogens (tertiary/aromatic N) is 5. The van der Waals surface area contributed by atoms with Gasteiger partial charge in [0.25, 0.3) is 5.91 Å². The lowest BCUT2D eigenvalue weighted by molar-refractivity contribution is 0.0746. The summed E-state index contributed by atoms with van der Waals surface area (Å²) in [6.45, 7) is 2.62. The molecule has 5 rings (SSSR count). The first-order chi connectivity index (χ1) is 14.7. The number of halogens is 1. The number of rotatable bonds is 3. The van der Waals surface area contributed by atoms with Gasteiger partial charge in [-0.3, -0.25) is 4.79 Å². The molecule has 0 atom stereocenters. The van der Waals surface area contributed by atoms with Gasteiger partial charge >= 0.3 is 0 Å². The van der Waals surface area contributed by atoms with Crippen LogP contribution in [-0.2, 0) is 0 Å². The van der Waals surface area contributed by atoms with Crippen LogP contribution in [0.1, 0.15) is 10.4 Å². The van der Waals surface area contributed by atoms with Gasteiger partial charge in [0.05, 0.1) is 21.4 Å². The number of anilines is 1. The van der Waals surface area contributed by atoms with Crippen LogP contribution in [0, 0.1) is 5.82 Å². The Kier molecular flexibility index (Phi) is 4.84. The van der Waals surface area contributed by atoms with Crippen LogP contribution in [0.5, 0.6) is 0 Å². The minimum Gasteiger partial charge on any atom is -0.353 e. The maximum Gasteiger partial charge on any atom is 0.254 e. The van der Waals surface area contributed by atoms with Crippen molar-refractivity contribution >= 4 is 33.3 Å². The Labute approximate surface area is 176 Å². The third-order valence-electron chi connectivity index (χ3n) is 5.26. The zero-order chi connectivity index (χ0) is 20.5. The molecule has 0 bridgehead atoms. The summed E-state index contributed by atoms with van der Waals surface area (Å²) >= 11 is 1.54. The van der Waals surface area contributed by atoms with Crippen molar-refractivity contribution in [3.8, 4) is 11.3 Å². The third-order valence-corrected chi connectivity index (χ3v) is 6.05. The average Bonchev–Trinajstić information content (AvgIpc) is 3.27. The maximum absolute atomic E-state index is 13.2. The number of aromatic nitrogens is 3. The maximum atomic E-state index is 13.2. The Morgan fingerprint density at radius 3 is 2.53 bits per heavy atom. The van der Waals surface area contributed by atoms with E-state index >= 15 is 0 Å². The van der Waals surface area contributed by atoms with Crippen molar-refractivity contribution in [2.24, 2.45) is 0 Å². The molecule has 0 unspecified atom stereocenters. The molecule has 0 radical (unpaired) electrons. The van der Waals surface area contributed by atoms with Crippen molar-refractivity contribution in [3.63, 3.8) is 0 Å². The number of carbonyl (C=O) groups is 1. The van der Waals surface area contributed by atoms with E-state index in [1.54, 1.807) is 17.6 Å². The monoisotopic (exact) mass is 419 g/mol. The zero-order valence-electron chi connectivity index (χ0n) is 16.0. The molecule has 1 aliphatic rings. The van der Waals surface area contributed by atoms with E-state index in [0.29, 0.717) is 31.7 Å². The van der Waals surface area contributed by atoms with E-state index < -0.39 is 0 Å². The summed E-state index contributed by atoms with van der Waals surface area (Å²) in [6, 6.07) is 13.8. The highest BCUT2D eigenvalue weighted by atomic mass is 32.1. The molecule has 1 saturated heterocycles. The standard InChI is InChI=1S/C22H18FN5OS/c23-17-4-1-15(2-5-17)19-12-21(25-13-24-19)27-7-9-28(10-8-27)22(29)16-3-6-18-20(11-16)30-14-26-18/h1-6,11-14H,7-10H2. The number of fused-ring (bicyclic) bond motifs is 1. The molecule has 30 heavy (non-hydrogen) atoms. The summed E-state index contributed by atoms with van der Waals surface area (Å²) in [5, 5.41) is 0. The molecule has 2 aromatic heterocycles. The minimum atomic E-state index is -0.275. The lowest BCUT2D eigenvalue weighted by Crippen LogP contribution is -2.49. The number of hydrogen-bond acceptors (Lipinski definition) is 6. The van der Waals surface area contributed by atoms with E-state index in [1.165, 1.54) is 29.8 Å².